The van der Waals surface area contributed by atoms with Gasteiger partial charge < -0.3 is 10.5 Å². The van der Waals surface area contributed by atoms with Gasteiger partial charge in [-0.05, 0) is 34.8 Å². The average molecular weight is 242 g/mol. The zero-order chi connectivity index (χ0) is 9.47. The van der Waals surface area contributed by atoms with Gasteiger partial charge in [-0.25, -0.2) is 0 Å². The highest BCUT2D eigenvalue weighted by Crippen LogP contribution is 2.48. The van der Waals surface area contributed by atoms with Crippen molar-refractivity contribution in [1.29, 1.82) is 0 Å². The molecule has 0 aliphatic heterocycles. The monoisotopic (exact) mass is 241 g/mol. The van der Waals surface area contributed by atoms with Crippen LogP contribution in [0.1, 0.15) is 18.4 Å². The Balaban J connectivity index is 2.50. The molecule has 0 atom stereocenters. The van der Waals surface area contributed by atoms with Gasteiger partial charge in [0.05, 0.1) is 11.6 Å². The van der Waals surface area contributed by atoms with Crippen LogP contribution in [-0.2, 0) is 5.54 Å². The van der Waals surface area contributed by atoms with E-state index in [2.05, 4.69) is 15.9 Å². The van der Waals surface area contributed by atoms with Crippen LogP contribution in [0.2, 0.25) is 0 Å². The van der Waals surface area contributed by atoms with Crippen molar-refractivity contribution in [3.05, 3.63) is 28.2 Å². The van der Waals surface area contributed by atoms with Crippen molar-refractivity contribution in [2.75, 3.05) is 7.11 Å². The van der Waals surface area contributed by atoms with Crippen LogP contribution >= 0.6 is 15.9 Å². The number of rotatable bonds is 2. The van der Waals surface area contributed by atoms with E-state index in [0.717, 1.165) is 28.6 Å². The summed E-state index contributed by atoms with van der Waals surface area (Å²) in [5.41, 5.74) is 7.10. The Morgan fingerprint density at radius 1 is 1.46 bits per heavy atom. The molecule has 0 aromatic heterocycles. The number of hydrogen-bond donors (Lipinski definition) is 1. The van der Waals surface area contributed by atoms with Crippen LogP contribution in [0.5, 0.6) is 5.75 Å². The fraction of sp³-hybridized carbons (Fsp3) is 0.400. The highest BCUT2D eigenvalue weighted by molar-refractivity contribution is 9.10. The minimum absolute atomic E-state index is 0.130. The van der Waals surface area contributed by atoms with Crippen molar-refractivity contribution >= 4 is 15.9 Å². The van der Waals surface area contributed by atoms with E-state index in [9.17, 15) is 0 Å². The molecule has 0 amide bonds. The second kappa shape index (κ2) is 3.00. The third-order valence-electron chi connectivity index (χ3n) is 2.50. The molecular formula is C10H12BrNO. The van der Waals surface area contributed by atoms with Crippen molar-refractivity contribution < 1.29 is 4.74 Å². The Kier molecular flexibility index (Phi) is 2.08. The van der Waals surface area contributed by atoms with Gasteiger partial charge in [0.1, 0.15) is 5.75 Å². The van der Waals surface area contributed by atoms with Gasteiger partial charge in [-0.15, -0.1) is 0 Å². The van der Waals surface area contributed by atoms with E-state index in [1.54, 1.807) is 7.11 Å². The second-order valence-electron chi connectivity index (χ2n) is 3.48. The van der Waals surface area contributed by atoms with Gasteiger partial charge in [0.25, 0.3) is 0 Å². The Hall–Kier alpha value is -0.540. The first-order valence-electron chi connectivity index (χ1n) is 4.29. The van der Waals surface area contributed by atoms with Gasteiger partial charge in [0.2, 0.25) is 0 Å². The molecule has 1 aliphatic carbocycles. The Morgan fingerprint density at radius 2 is 2.15 bits per heavy atom. The maximum atomic E-state index is 6.11. The Bertz CT molecular complexity index is 334. The van der Waals surface area contributed by atoms with Crippen LogP contribution in [0.3, 0.4) is 0 Å². The van der Waals surface area contributed by atoms with Crippen molar-refractivity contribution in [2.24, 2.45) is 5.73 Å². The maximum absolute atomic E-state index is 6.11. The predicted octanol–water partition coefficient (Wildman–Crippen LogP) is 2.41. The summed E-state index contributed by atoms with van der Waals surface area (Å²) in [7, 11) is 1.68. The molecule has 0 saturated heterocycles. The summed E-state index contributed by atoms with van der Waals surface area (Å²) in [6, 6.07) is 6.00. The maximum Gasteiger partial charge on any atom is 0.138 e. The molecule has 2 nitrogen and oxygen atoms in total. The molecule has 1 aromatic rings. The lowest BCUT2D eigenvalue weighted by Gasteiger charge is -2.15. The number of benzene rings is 1. The fourth-order valence-electron chi connectivity index (χ4n) is 1.51. The first-order chi connectivity index (χ1) is 6.17. The van der Waals surface area contributed by atoms with E-state index in [1.807, 2.05) is 18.2 Å². The van der Waals surface area contributed by atoms with Gasteiger partial charge in [-0.2, -0.15) is 0 Å². The predicted molar refractivity (Wildman–Crippen MR) is 55.8 cm³/mol. The standard InChI is InChI=1S/C10H12BrNO/c1-13-9-7(10(12)5-6-10)3-2-4-8(9)11/h2-4H,5-6,12H2,1H3. The number of halogens is 1. The molecule has 2 rings (SSSR count). The molecule has 2 N–H and O–H groups in total. The Morgan fingerprint density at radius 3 is 2.69 bits per heavy atom. The lowest BCUT2D eigenvalue weighted by molar-refractivity contribution is 0.402. The van der Waals surface area contributed by atoms with Crippen LogP contribution in [-0.4, -0.2) is 7.11 Å². The summed E-state index contributed by atoms with van der Waals surface area (Å²) < 4.78 is 6.29. The van der Waals surface area contributed by atoms with E-state index in [4.69, 9.17) is 10.5 Å². The number of para-hydroxylation sites is 1. The molecule has 0 unspecified atom stereocenters. The van der Waals surface area contributed by atoms with E-state index < -0.39 is 0 Å². The number of nitrogens with two attached hydrogens (primary N) is 1. The van der Waals surface area contributed by atoms with E-state index in [0.29, 0.717) is 0 Å². The minimum atomic E-state index is -0.130. The molecule has 1 aliphatic rings. The molecule has 0 radical (unpaired) electrons. The first-order valence-corrected chi connectivity index (χ1v) is 5.08. The summed E-state index contributed by atoms with van der Waals surface area (Å²) in [6.45, 7) is 0. The lowest BCUT2D eigenvalue weighted by atomic mass is 10.1. The second-order valence-corrected chi connectivity index (χ2v) is 4.33. The Labute approximate surface area is 86.2 Å². The molecule has 3 heteroatoms. The molecule has 1 saturated carbocycles. The minimum Gasteiger partial charge on any atom is -0.495 e. The molecule has 70 valence electrons. The largest absolute Gasteiger partial charge is 0.495 e. The quantitative estimate of drug-likeness (QED) is 0.864. The van der Waals surface area contributed by atoms with Crippen molar-refractivity contribution in [1.82, 2.24) is 0 Å². The highest BCUT2D eigenvalue weighted by atomic mass is 79.9. The lowest BCUT2D eigenvalue weighted by Crippen LogP contribution is -2.19. The van der Waals surface area contributed by atoms with Crippen LogP contribution < -0.4 is 10.5 Å². The van der Waals surface area contributed by atoms with Crippen molar-refractivity contribution in [3.63, 3.8) is 0 Å². The van der Waals surface area contributed by atoms with Gasteiger partial charge >= 0.3 is 0 Å². The molecular weight excluding hydrogens is 230 g/mol. The zero-order valence-corrected chi connectivity index (χ0v) is 9.10. The SMILES string of the molecule is COc1c(Br)cccc1C1(N)CC1. The molecule has 0 heterocycles. The topological polar surface area (TPSA) is 35.2 Å². The molecule has 1 aromatic carbocycles. The van der Waals surface area contributed by atoms with Gasteiger partial charge in [-0.3, -0.25) is 0 Å². The molecule has 0 spiro atoms. The smallest absolute Gasteiger partial charge is 0.138 e. The van der Waals surface area contributed by atoms with Gasteiger partial charge in [0.15, 0.2) is 0 Å². The van der Waals surface area contributed by atoms with Gasteiger partial charge in [-0.1, -0.05) is 12.1 Å². The average Bonchev–Trinajstić information content (AvgIpc) is 2.85. The number of ether oxygens (including phenoxy) is 1. The zero-order valence-electron chi connectivity index (χ0n) is 7.51. The van der Waals surface area contributed by atoms with E-state index in [-0.39, 0.29) is 5.54 Å². The van der Waals surface area contributed by atoms with Crippen LogP contribution in [0.4, 0.5) is 0 Å². The van der Waals surface area contributed by atoms with E-state index >= 15 is 0 Å². The summed E-state index contributed by atoms with van der Waals surface area (Å²) in [6.07, 6.45) is 2.11. The third-order valence-corrected chi connectivity index (χ3v) is 3.12. The summed E-state index contributed by atoms with van der Waals surface area (Å²) in [4.78, 5) is 0. The van der Waals surface area contributed by atoms with Crippen LogP contribution in [0, 0.1) is 0 Å². The van der Waals surface area contributed by atoms with E-state index in [1.165, 1.54) is 0 Å². The number of methoxy groups -OCH3 is 1. The van der Waals surface area contributed by atoms with Crippen LogP contribution in [0.25, 0.3) is 0 Å². The summed E-state index contributed by atoms with van der Waals surface area (Å²) in [5.74, 6) is 0.877. The summed E-state index contributed by atoms with van der Waals surface area (Å²) in [5, 5.41) is 0. The summed E-state index contributed by atoms with van der Waals surface area (Å²) >= 11 is 3.45. The first kappa shape index (κ1) is 9.03. The number of hydrogen-bond acceptors (Lipinski definition) is 2. The van der Waals surface area contributed by atoms with Crippen LogP contribution in [0.15, 0.2) is 22.7 Å². The van der Waals surface area contributed by atoms with Gasteiger partial charge in [0, 0.05) is 11.1 Å². The van der Waals surface area contributed by atoms with Crippen molar-refractivity contribution in [2.45, 2.75) is 18.4 Å². The highest BCUT2D eigenvalue weighted by Gasteiger charge is 2.42. The third kappa shape index (κ3) is 1.46. The van der Waals surface area contributed by atoms with Crippen molar-refractivity contribution in [3.8, 4) is 5.75 Å². The molecule has 1 fully saturated rings. The normalized spacial score (nSPS) is 18.4. The fourth-order valence-corrected chi connectivity index (χ4v) is 2.04. The molecule has 13 heavy (non-hydrogen) atoms. The molecule has 0 bridgehead atoms.